The van der Waals surface area contributed by atoms with Crippen LogP contribution in [-0.2, 0) is 4.79 Å². The van der Waals surface area contributed by atoms with Crippen LogP contribution in [0, 0.1) is 20.8 Å². The number of anilines is 1. The largest absolute Gasteiger partial charge is 0.466 e. The van der Waals surface area contributed by atoms with E-state index in [0.717, 1.165) is 54.5 Å². The Hall–Kier alpha value is -2.37. The topological polar surface area (TPSA) is 71.3 Å². The van der Waals surface area contributed by atoms with Crippen LogP contribution in [-0.4, -0.2) is 40.1 Å². The van der Waals surface area contributed by atoms with Gasteiger partial charge in [0.25, 0.3) is 0 Å². The Morgan fingerprint density at radius 1 is 1.24 bits per heavy atom. The molecule has 0 radical (unpaired) electrons. The molecule has 1 amide bonds. The van der Waals surface area contributed by atoms with Crippen LogP contribution in [0.15, 0.2) is 22.6 Å². The highest BCUT2D eigenvalue weighted by Gasteiger charge is 2.28. The average molecular weight is 342 g/mol. The molecule has 0 aromatic carbocycles. The third-order valence-electron chi connectivity index (χ3n) is 4.87. The Bertz CT molecular complexity index is 730. The first kappa shape index (κ1) is 17.5. The Kier molecular flexibility index (Phi) is 5.06. The van der Waals surface area contributed by atoms with Crippen molar-refractivity contribution in [3.05, 3.63) is 41.0 Å². The Balaban J connectivity index is 1.55. The van der Waals surface area contributed by atoms with Gasteiger partial charge in [0.15, 0.2) is 0 Å². The molecule has 6 nitrogen and oxygen atoms in total. The van der Waals surface area contributed by atoms with E-state index in [2.05, 4.69) is 15.5 Å². The zero-order valence-corrected chi connectivity index (χ0v) is 15.4. The number of rotatable bonds is 4. The number of carbonyl (C=O) groups excluding carboxylic acids is 1. The molecule has 2 aromatic heterocycles. The fourth-order valence-electron chi connectivity index (χ4n) is 3.42. The van der Waals surface area contributed by atoms with Crippen LogP contribution >= 0.6 is 0 Å². The number of likely N-dealkylation sites (tertiary alicyclic amines) is 1. The predicted molar refractivity (Wildman–Crippen MR) is 96.6 cm³/mol. The van der Waals surface area contributed by atoms with Gasteiger partial charge in [0.05, 0.1) is 11.6 Å². The third kappa shape index (κ3) is 4.00. The average Bonchev–Trinajstić information content (AvgIpc) is 2.94. The zero-order chi connectivity index (χ0) is 18.0. The second-order valence-corrected chi connectivity index (χ2v) is 6.89. The number of nitrogens with one attached hydrogen (secondary N) is 1. The molecule has 3 heterocycles. The Morgan fingerprint density at radius 3 is 2.52 bits per heavy atom. The van der Waals surface area contributed by atoms with Crippen LogP contribution in [0.2, 0.25) is 0 Å². The molecule has 1 N–H and O–H groups in total. The molecule has 25 heavy (non-hydrogen) atoms. The van der Waals surface area contributed by atoms with Crippen LogP contribution < -0.4 is 5.32 Å². The minimum atomic E-state index is -0.162. The Morgan fingerprint density at radius 2 is 1.96 bits per heavy atom. The summed E-state index contributed by atoms with van der Waals surface area (Å²) >= 11 is 0. The fraction of sp³-hybridized carbons (Fsp3) is 0.526. The summed E-state index contributed by atoms with van der Waals surface area (Å²) in [4.78, 5) is 14.8. The highest BCUT2D eigenvalue weighted by molar-refractivity contribution is 5.83. The van der Waals surface area contributed by atoms with Crippen molar-refractivity contribution in [3.8, 4) is 0 Å². The van der Waals surface area contributed by atoms with Gasteiger partial charge in [0, 0.05) is 24.7 Å². The highest BCUT2D eigenvalue weighted by Crippen LogP contribution is 2.26. The van der Waals surface area contributed by atoms with Gasteiger partial charge in [-0.05, 0) is 58.7 Å². The van der Waals surface area contributed by atoms with Crippen molar-refractivity contribution >= 4 is 11.7 Å². The number of aromatic nitrogens is 2. The molecular weight excluding hydrogens is 316 g/mol. The molecule has 1 aliphatic heterocycles. The van der Waals surface area contributed by atoms with E-state index in [1.54, 1.807) is 0 Å². The predicted octanol–water partition coefficient (Wildman–Crippen LogP) is 3.20. The van der Waals surface area contributed by atoms with Gasteiger partial charge in [-0.1, -0.05) is 0 Å². The van der Waals surface area contributed by atoms with E-state index in [-0.39, 0.29) is 11.8 Å². The maximum atomic E-state index is 12.8. The molecule has 1 saturated heterocycles. The molecule has 1 aliphatic rings. The van der Waals surface area contributed by atoms with Crippen LogP contribution in [0.3, 0.4) is 0 Å². The molecule has 3 rings (SSSR count). The van der Waals surface area contributed by atoms with E-state index < -0.39 is 0 Å². The number of carbonyl (C=O) groups is 1. The Labute approximate surface area is 148 Å². The zero-order valence-electron chi connectivity index (χ0n) is 15.4. The summed E-state index contributed by atoms with van der Waals surface area (Å²) < 4.78 is 5.57. The number of furan rings is 1. The smallest absolute Gasteiger partial charge is 0.229 e. The summed E-state index contributed by atoms with van der Waals surface area (Å²) in [6.45, 7) is 9.24. The van der Waals surface area contributed by atoms with Crippen molar-refractivity contribution in [2.24, 2.45) is 0 Å². The summed E-state index contributed by atoms with van der Waals surface area (Å²) in [6, 6.07) is 6.20. The molecule has 1 fully saturated rings. The normalized spacial score (nSPS) is 16.7. The van der Waals surface area contributed by atoms with Gasteiger partial charge < -0.3 is 14.6 Å². The lowest BCUT2D eigenvalue weighted by molar-refractivity contribution is -0.133. The van der Waals surface area contributed by atoms with Crippen LogP contribution in [0.5, 0.6) is 0 Å². The van der Waals surface area contributed by atoms with Crippen LogP contribution in [0.1, 0.15) is 48.5 Å². The standard InChI is InChI=1S/C19H26N4O2/c1-12-5-6-18(22-21-12)20-16-7-9-23(10-8-16)19(24)14(3)17-11-13(2)25-15(17)4/h5-6,11,14,16H,7-10H2,1-4H3,(H,20,22)/t14-/m0/s1. The van der Waals surface area contributed by atoms with Crippen molar-refractivity contribution in [1.29, 1.82) is 0 Å². The lowest BCUT2D eigenvalue weighted by Crippen LogP contribution is -2.44. The van der Waals surface area contributed by atoms with Crippen molar-refractivity contribution in [2.75, 3.05) is 18.4 Å². The van der Waals surface area contributed by atoms with Gasteiger partial charge in [-0.15, -0.1) is 5.10 Å². The van der Waals surface area contributed by atoms with Gasteiger partial charge in [0.1, 0.15) is 17.3 Å². The first-order valence-electron chi connectivity index (χ1n) is 8.86. The number of amides is 1. The maximum Gasteiger partial charge on any atom is 0.229 e. The minimum Gasteiger partial charge on any atom is -0.466 e. The van der Waals surface area contributed by atoms with Gasteiger partial charge in [-0.3, -0.25) is 4.79 Å². The maximum absolute atomic E-state index is 12.8. The molecular formula is C19H26N4O2. The van der Waals surface area contributed by atoms with E-state index in [1.807, 2.05) is 50.8 Å². The van der Waals surface area contributed by atoms with Crippen LogP contribution in [0.25, 0.3) is 0 Å². The molecule has 0 saturated carbocycles. The monoisotopic (exact) mass is 342 g/mol. The lowest BCUT2D eigenvalue weighted by atomic mass is 9.97. The van der Waals surface area contributed by atoms with Crippen molar-refractivity contribution < 1.29 is 9.21 Å². The van der Waals surface area contributed by atoms with E-state index in [1.165, 1.54) is 0 Å². The van der Waals surface area contributed by atoms with Gasteiger partial charge >= 0.3 is 0 Å². The van der Waals surface area contributed by atoms with Gasteiger partial charge in [-0.2, -0.15) is 5.10 Å². The first-order chi connectivity index (χ1) is 11.9. The second-order valence-electron chi connectivity index (χ2n) is 6.89. The number of aryl methyl sites for hydroxylation is 3. The van der Waals surface area contributed by atoms with E-state index in [0.29, 0.717) is 6.04 Å². The number of hydrogen-bond donors (Lipinski definition) is 1. The lowest BCUT2D eigenvalue weighted by Gasteiger charge is -2.34. The van der Waals surface area contributed by atoms with Gasteiger partial charge in [-0.25, -0.2) is 0 Å². The molecule has 134 valence electrons. The minimum absolute atomic E-state index is 0.162. The van der Waals surface area contributed by atoms with Crippen molar-refractivity contribution in [2.45, 2.75) is 52.5 Å². The second kappa shape index (κ2) is 7.25. The fourth-order valence-corrected chi connectivity index (χ4v) is 3.42. The third-order valence-corrected chi connectivity index (χ3v) is 4.87. The summed E-state index contributed by atoms with van der Waals surface area (Å²) in [6.07, 6.45) is 1.83. The molecule has 0 bridgehead atoms. The molecule has 2 aromatic rings. The van der Waals surface area contributed by atoms with Crippen molar-refractivity contribution in [3.63, 3.8) is 0 Å². The first-order valence-corrected chi connectivity index (χ1v) is 8.86. The summed E-state index contributed by atoms with van der Waals surface area (Å²) in [7, 11) is 0. The summed E-state index contributed by atoms with van der Waals surface area (Å²) in [5.41, 5.74) is 1.91. The molecule has 0 unspecified atom stereocenters. The number of piperidine rings is 1. The SMILES string of the molecule is Cc1ccc(NC2CCN(C(=O)[C@@H](C)c3cc(C)oc3C)CC2)nn1. The van der Waals surface area contributed by atoms with Crippen LogP contribution in [0.4, 0.5) is 5.82 Å². The molecule has 6 heteroatoms. The van der Waals surface area contributed by atoms with Crippen molar-refractivity contribution in [1.82, 2.24) is 15.1 Å². The van der Waals surface area contributed by atoms with E-state index in [4.69, 9.17) is 4.42 Å². The summed E-state index contributed by atoms with van der Waals surface area (Å²) in [5, 5.41) is 11.6. The van der Waals surface area contributed by atoms with E-state index >= 15 is 0 Å². The molecule has 0 spiro atoms. The van der Waals surface area contributed by atoms with E-state index in [9.17, 15) is 4.79 Å². The molecule has 0 aliphatic carbocycles. The number of nitrogens with zero attached hydrogens (tertiary/aromatic N) is 3. The van der Waals surface area contributed by atoms with Gasteiger partial charge in [0.2, 0.25) is 5.91 Å². The quantitative estimate of drug-likeness (QED) is 0.924. The summed E-state index contributed by atoms with van der Waals surface area (Å²) in [5.74, 6) is 2.51. The molecule has 1 atom stereocenters. The number of hydrogen-bond acceptors (Lipinski definition) is 5. The highest BCUT2D eigenvalue weighted by atomic mass is 16.3.